The minimum Gasteiger partial charge on any atom is -0.456 e. The molecular weight excluding hydrogens is 358 g/mol. The molecular formula is C17H13N3O5S. The van der Waals surface area contributed by atoms with Gasteiger partial charge in [-0.05, 0) is 24.1 Å². The normalized spacial score (nSPS) is 18.5. The van der Waals surface area contributed by atoms with Crippen molar-refractivity contribution in [2.75, 3.05) is 0 Å². The van der Waals surface area contributed by atoms with Gasteiger partial charge in [0, 0.05) is 35.7 Å². The highest BCUT2D eigenvalue weighted by molar-refractivity contribution is 7.10. The monoisotopic (exact) mass is 371 g/mol. The highest BCUT2D eigenvalue weighted by Crippen LogP contribution is 2.43. The molecule has 1 aromatic carbocycles. The number of carbonyl (C=O) groups excluding carboxylic acids is 2. The van der Waals surface area contributed by atoms with Crippen LogP contribution in [0.1, 0.15) is 23.4 Å². The summed E-state index contributed by atoms with van der Waals surface area (Å²) < 4.78 is 5.36. The first-order chi connectivity index (χ1) is 12.5. The maximum atomic E-state index is 12.6. The van der Waals surface area contributed by atoms with Gasteiger partial charge in [0.2, 0.25) is 5.91 Å². The van der Waals surface area contributed by atoms with Crippen LogP contribution in [0, 0.1) is 10.1 Å². The Morgan fingerprint density at radius 3 is 2.73 bits per heavy atom. The smallest absolute Gasteiger partial charge is 0.355 e. The molecule has 8 nitrogen and oxygen atoms in total. The van der Waals surface area contributed by atoms with E-state index < -0.39 is 10.9 Å². The molecule has 2 aliphatic rings. The topological polar surface area (TPSA) is 103 Å². The molecule has 2 aliphatic heterocycles. The zero-order chi connectivity index (χ0) is 18.3. The number of amides is 1. The van der Waals surface area contributed by atoms with E-state index in [2.05, 4.69) is 4.98 Å². The molecule has 4 rings (SSSR count). The number of hydrogen-bond donors (Lipinski definition) is 0. The number of nitro benzene ring substituents is 1. The summed E-state index contributed by atoms with van der Waals surface area (Å²) in [5.41, 5.74) is 1.61. The number of esters is 1. The van der Waals surface area contributed by atoms with Crippen LogP contribution in [-0.2, 0) is 20.9 Å². The first-order valence-corrected chi connectivity index (χ1v) is 8.78. The number of thiazole rings is 1. The van der Waals surface area contributed by atoms with Gasteiger partial charge in [0.15, 0.2) is 0 Å². The van der Waals surface area contributed by atoms with E-state index in [1.165, 1.54) is 40.5 Å². The Morgan fingerprint density at radius 2 is 2.12 bits per heavy atom. The molecule has 1 saturated heterocycles. The molecule has 132 valence electrons. The van der Waals surface area contributed by atoms with Gasteiger partial charge < -0.3 is 9.64 Å². The van der Waals surface area contributed by atoms with E-state index >= 15 is 0 Å². The molecule has 0 spiro atoms. The van der Waals surface area contributed by atoms with Crippen molar-refractivity contribution in [2.24, 2.45) is 0 Å². The second kappa shape index (κ2) is 6.34. The number of nitrogens with zero attached hydrogens (tertiary/aromatic N) is 3. The van der Waals surface area contributed by atoms with Crippen LogP contribution in [0.4, 0.5) is 5.69 Å². The third-order valence-corrected chi connectivity index (χ3v) is 5.24. The highest BCUT2D eigenvalue weighted by atomic mass is 32.1. The summed E-state index contributed by atoms with van der Waals surface area (Å²) in [5.74, 6) is -0.673. The van der Waals surface area contributed by atoms with Gasteiger partial charge in [0.1, 0.15) is 17.3 Å². The number of β-lactam (4-membered cyclic amide) rings is 1. The summed E-state index contributed by atoms with van der Waals surface area (Å²) in [5, 5.41) is 13.2. The molecule has 0 unspecified atom stereocenters. The molecule has 0 radical (unpaired) electrons. The Bertz CT molecular complexity index is 920. The van der Waals surface area contributed by atoms with Crippen molar-refractivity contribution < 1.29 is 19.2 Å². The van der Waals surface area contributed by atoms with Crippen LogP contribution in [-0.4, -0.2) is 32.7 Å². The summed E-state index contributed by atoms with van der Waals surface area (Å²) in [6, 6.07) is 5.78. The molecule has 0 aliphatic carbocycles. The summed E-state index contributed by atoms with van der Waals surface area (Å²) in [6.07, 6.45) is 2.68. The van der Waals surface area contributed by atoms with Gasteiger partial charge in [-0.1, -0.05) is 0 Å². The third kappa shape index (κ3) is 2.76. The Hall–Kier alpha value is -3.07. The van der Waals surface area contributed by atoms with Gasteiger partial charge >= 0.3 is 5.97 Å². The third-order valence-electron chi connectivity index (χ3n) is 4.41. The molecule has 1 atom stereocenters. The lowest BCUT2D eigenvalue weighted by molar-refractivity contribution is -0.384. The van der Waals surface area contributed by atoms with Gasteiger partial charge in [-0.25, -0.2) is 9.78 Å². The maximum absolute atomic E-state index is 12.6. The molecule has 1 amide bonds. The Kier molecular flexibility index (Phi) is 4.00. The highest BCUT2D eigenvalue weighted by Gasteiger charge is 2.48. The fraction of sp³-hybridized carbons (Fsp3) is 0.235. The number of ether oxygens (including phenoxy) is 1. The number of fused-ring (bicyclic) bond motifs is 1. The predicted octanol–water partition coefficient (Wildman–Crippen LogP) is 2.51. The largest absolute Gasteiger partial charge is 0.456 e. The molecule has 1 aromatic heterocycles. The molecule has 0 N–H and O–H groups in total. The van der Waals surface area contributed by atoms with Crippen LogP contribution in [0.25, 0.3) is 5.57 Å². The number of benzene rings is 1. The number of hydrogen-bond acceptors (Lipinski definition) is 7. The van der Waals surface area contributed by atoms with Gasteiger partial charge in [0.25, 0.3) is 5.69 Å². The van der Waals surface area contributed by atoms with Gasteiger partial charge in [0.05, 0.1) is 11.0 Å². The number of nitro groups is 1. The quantitative estimate of drug-likeness (QED) is 0.346. The van der Waals surface area contributed by atoms with Crippen molar-refractivity contribution in [1.82, 2.24) is 9.88 Å². The molecule has 2 aromatic rings. The maximum Gasteiger partial charge on any atom is 0.355 e. The molecule has 0 saturated carbocycles. The second-order valence-corrected chi connectivity index (χ2v) is 6.88. The van der Waals surface area contributed by atoms with Crippen LogP contribution < -0.4 is 0 Å². The lowest BCUT2D eigenvalue weighted by Gasteiger charge is -2.35. The fourth-order valence-electron chi connectivity index (χ4n) is 3.14. The van der Waals surface area contributed by atoms with Crippen molar-refractivity contribution in [2.45, 2.75) is 25.5 Å². The minimum absolute atomic E-state index is 0.00308. The number of carbonyl (C=O) groups is 2. The van der Waals surface area contributed by atoms with E-state index in [9.17, 15) is 19.7 Å². The van der Waals surface area contributed by atoms with Crippen LogP contribution in [0.15, 0.2) is 41.5 Å². The van der Waals surface area contributed by atoms with Crippen molar-refractivity contribution in [3.63, 3.8) is 0 Å². The van der Waals surface area contributed by atoms with Crippen molar-refractivity contribution in [1.29, 1.82) is 0 Å². The van der Waals surface area contributed by atoms with E-state index in [4.69, 9.17) is 4.74 Å². The Balaban J connectivity index is 1.53. The SMILES string of the molecule is O=C(OCc1ccc([N+](=O)[O-])cc1)C1=C(c2nccs2)C[C@@H]2CC(=O)N12. The van der Waals surface area contributed by atoms with E-state index in [-0.39, 0.29) is 29.9 Å². The second-order valence-electron chi connectivity index (χ2n) is 5.99. The Labute approximate surface area is 151 Å². The average molecular weight is 371 g/mol. The summed E-state index contributed by atoms with van der Waals surface area (Å²) in [7, 11) is 0. The van der Waals surface area contributed by atoms with Crippen LogP contribution >= 0.6 is 11.3 Å². The molecule has 9 heteroatoms. The van der Waals surface area contributed by atoms with Crippen molar-refractivity contribution >= 4 is 34.5 Å². The lowest BCUT2D eigenvalue weighted by atomic mass is 10.0. The fourth-order valence-corrected chi connectivity index (χ4v) is 3.84. The number of aromatic nitrogens is 1. The van der Waals surface area contributed by atoms with Gasteiger partial charge in [-0.2, -0.15) is 0 Å². The summed E-state index contributed by atoms with van der Waals surface area (Å²) in [4.78, 5) is 40.5. The van der Waals surface area contributed by atoms with E-state index in [1.807, 2.05) is 5.38 Å². The molecule has 26 heavy (non-hydrogen) atoms. The average Bonchev–Trinajstić information content (AvgIpc) is 3.25. The van der Waals surface area contributed by atoms with Crippen molar-refractivity contribution in [3.05, 3.63) is 62.2 Å². The lowest BCUT2D eigenvalue weighted by Crippen LogP contribution is -2.49. The van der Waals surface area contributed by atoms with Crippen molar-refractivity contribution in [3.8, 4) is 0 Å². The first-order valence-electron chi connectivity index (χ1n) is 7.90. The van der Waals surface area contributed by atoms with Crippen LogP contribution in [0.2, 0.25) is 0 Å². The summed E-state index contributed by atoms with van der Waals surface area (Å²) in [6.45, 7) is -0.0296. The minimum atomic E-state index is -0.580. The zero-order valence-electron chi connectivity index (χ0n) is 13.5. The standard InChI is InChI=1S/C17H13N3O5S/c21-14-8-12-7-13(16-18-5-6-26-16)15(19(12)14)17(22)25-9-10-1-3-11(4-2-10)20(23)24/h1-6,12H,7-9H2/t12-/m1/s1. The van der Waals surface area contributed by atoms with E-state index in [0.29, 0.717) is 18.4 Å². The summed E-state index contributed by atoms with van der Waals surface area (Å²) >= 11 is 1.41. The number of rotatable bonds is 5. The molecule has 3 heterocycles. The predicted molar refractivity (Wildman–Crippen MR) is 91.8 cm³/mol. The van der Waals surface area contributed by atoms with Crippen LogP contribution in [0.5, 0.6) is 0 Å². The molecule has 1 fully saturated rings. The zero-order valence-corrected chi connectivity index (χ0v) is 14.3. The van der Waals surface area contributed by atoms with E-state index in [1.54, 1.807) is 6.20 Å². The van der Waals surface area contributed by atoms with Gasteiger partial charge in [-0.15, -0.1) is 11.3 Å². The number of non-ortho nitro benzene ring substituents is 1. The van der Waals surface area contributed by atoms with E-state index in [0.717, 1.165) is 10.6 Å². The van der Waals surface area contributed by atoms with Crippen LogP contribution in [0.3, 0.4) is 0 Å². The Morgan fingerprint density at radius 1 is 1.35 bits per heavy atom. The first kappa shape index (κ1) is 16.4. The van der Waals surface area contributed by atoms with Gasteiger partial charge in [-0.3, -0.25) is 14.9 Å². The molecule has 0 bridgehead atoms.